The molecule has 3 nitrogen and oxygen atoms in total. The molecule has 4 heteroatoms. The van der Waals surface area contributed by atoms with Crippen molar-refractivity contribution in [2.24, 2.45) is 0 Å². The van der Waals surface area contributed by atoms with Gasteiger partial charge in [-0.25, -0.2) is 4.79 Å². The number of carbonyl (C=O) groups excluding carboxylic acids is 1. The Hall–Kier alpha value is -1.16. The number of carbonyl (C=O) groups is 1. The van der Waals surface area contributed by atoms with Gasteiger partial charge in [-0.3, -0.25) is 0 Å². The Balaban J connectivity index is 2.36. The van der Waals surface area contributed by atoms with Crippen LogP contribution in [0.15, 0.2) is 29.2 Å². The molecule has 0 unspecified atom stereocenters. The van der Waals surface area contributed by atoms with Crippen LogP contribution >= 0.6 is 11.8 Å². The summed E-state index contributed by atoms with van der Waals surface area (Å²) < 4.78 is 10.4. The average molecular weight is 254 g/mol. The molecule has 17 heavy (non-hydrogen) atoms. The minimum Gasteiger partial charge on any atom is -0.481 e. The predicted molar refractivity (Wildman–Crippen MR) is 69.6 cm³/mol. The Kier molecular flexibility index (Phi) is 6.55. The summed E-state index contributed by atoms with van der Waals surface area (Å²) in [6, 6.07) is 7.64. The smallest absolute Gasteiger partial charge is 0.344 e. The summed E-state index contributed by atoms with van der Waals surface area (Å²) in [6.07, 6.45) is 3.89. The van der Waals surface area contributed by atoms with Crippen LogP contribution in [0.3, 0.4) is 0 Å². The number of ether oxygens (including phenoxy) is 2. The van der Waals surface area contributed by atoms with E-state index < -0.39 is 0 Å². The fourth-order valence-electron chi connectivity index (χ4n) is 1.25. The van der Waals surface area contributed by atoms with E-state index in [1.807, 2.05) is 30.5 Å². The maximum absolute atomic E-state index is 11.3. The quantitative estimate of drug-likeness (QED) is 0.425. The molecule has 0 spiro atoms. The molecule has 94 valence electrons. The third kappa shape index (κ3) is 5.13. The van der Waals surface area contributed by atoms with Crippen LogP contribution in [0, 0.1) is 0 Å². The summed E-state index contributed by atoms with van der Waals surface area (Å²) in [5.41, 5.74) is 0. The highest BCUT2D eigenvalue weighted by Crippen LogP contribution is 2.26. The van der Waals surface area contributed by atoms with E-state index in [-0.39, 0.29) is 12.6 Å². The summed E-state index contributed by atoms with van der Waals surface area (Å²) in [6.45, 7) is 2.50. The Morgan fingerprint density at radius 2 is 2.12 bits per heavy atom. The number of benzene rings is 1. The van der Waals surface area contributed by atoms with Crippen LogP contribution < -0.4 is 4.74 Å². The Bertz CT molecular complexity index is 352. The molecule has 1 aromatic carbocycles. The second-order valence-electron chi connectivity index (χ2n) is 3.51. The van der Waals surface area contributed by atoms with Gasteiger partial charge < -0.3 is 9.47 Å². The second kappa shape index (κ2) is 8.01. The first-order valence-electron chi connectivity index (χ1n) is 5.69. The van der Waals surface area contributed by atoms with Gasteiger partial charge in [-0.1, -0.05) is 25.5 Å². The van der Waals surface area contributed by atoms with Gasteiger partial charge in [-0.2, -0.15) is 0 Å². The Morgan fingerprint density at radius 1 is 1.35 bits per heavy atom. The van der Waals surface area contributed by atoms with Crippen LogP contribution in [0.2, 0.25) is 0 Å². The first kappa shape index (κ1) is 13.9. The normalized spacial score (nSPS) is 10.0. The van der Waals surface area contributed by atoms with Gasteiger partial charge in [0.25, 0.3) is 0 Å². The van der Waals surface area contributed by atoms with Gasteiger partial charge in [0.2, 0.25) is 0 Å². The fraction of sp³-hybridized carbons (Fsp3) is 0.462. The molecule has 0 radical (unpaired) electrons. The SMILES string of the molecule is CCCCOC(=O)COc1ccccc1SC. The molecule has 0 saturated carbocycles. The highest BCUT2D eigenvalue weighted by Gasteiger charge is 2.06. The summed E-state index contributed by atoms with van der Waals surface area (Å²) in [4.78, 5) is 12.4. The standard InChI is InChI=1S/C13H18O3S/c1-3-4-9-15-13(14)10-16-11-7-5-6-8-12(11)17-2/h5-8H,3-4,9-10H2,1-2H3. The Morgan fingerprint density at radius 3 is 2.82 bits per heavy atom. The summed E-state index contributed by atoms with van der Waals surface area (Å²) in [5, 5.41) is 0. The zero-order valence-electron chi connectivity index (χ0n) is 10.3. The lowest BCUT2D eigenvalue weighted by Crippen LogP contribution is -2.15. The van der Waals surface area contributed by atoms with Crippen molar-refractivity contribution < 1.29 is 14.3 Å². The first-order valence-corrected chi connectivity index (χ1v) is 6.91. The van der Waals surface area contributed by atoms with Gasteiger partial charge in [-0.05, 0) is 24.8 Å². The largest absolute Gasteiger partial charge is 0.481 e. The molecule has 1 aromatic rings. The van der Waals surface area contributed by atoms with E-state index in [1.165, 1.54) is 0 Å². The number of rotatable bonds is 7. The van der Waals surface area contributed by atoms with Crippen molar-refractivity contribution in [2.45, 2.75) is 24.7 Å². The predicted octanol–water partition coefficient (Wildman–Crippen LogP) is 3.13. The first-order chi connectivity index (χ1) is 8.27. The van der Waals surface area contributed by atoms with Crippen LogP contribution in [0.25, 0.3) is 0 Å². The van der Waals surface area contributed by atoms with Gasteiger partial charge in [0.05, 0.1) is 6.61 Å². The van der Waals surface area contributed by atoms with Gasteiger partial charge in [0.15, 0.2) is 6.61 Å². The van der Waals surface area contributed by atoms with Crippen molar-refractivity contribution in [1.29, 1.82) is 0 Å². The average Bonchev–Trinajstić information content (AvgIpc) is 2.37. The van der Waals surface area contributed by atoms with E-state index in [0.29, 0.717) is 6.61 Å². The lowest BCUT2D eigenvalue weighted by molar-refractivity contribution is -0.146. The molecule has 0 N–H and O–H groups in total. The highest BCUT2D eigenvalue weighted by molar-refractivity contribution is 7.98. The molecule has 0 heterocycles. The number of esters is 1. The van der Waals surface area contributed by atoms with Crippen LogP contribution in [-0.4, -0.2) is 25.4 Å². The molecule has 0 saturated heterocycles. The minimum absolute atomic E-state index is 0.0265. The van der Waals surface area contributed by atoms with Crippen molar-refractivity contribution in [3.63, 3.8) is 0 Å². The van der Waals surface area contributed by atoms with E-state index in [1.54, 1.807) is 11.8 Å². The van der Waals surface area contributed by atoms with E-state index in [0.717, 1.165) is 23.5 Å². The number of hydrogen-bond acceptors (Lipinski definition) is 4. The van der Waals surface area contributed by atoms with Crippen molar-refractivity contribution in [3.8, 4) is 5.75 Å². The molecule has 0 aliphatic heterocycles. The number of thioether (sulfide) groups is 1. The molecule has 0 amide bonds. The van der Waals surface area contributed by atoms with Gasteiger partial charge in [0.1, 0.15) is 5.75 Å². The van der Waals surface area contributed by atoms with Gasteiger partial charge in [-0.15, -0.1) is 11.8 Å². The van der Waals surface area contributed by atoms with Gasteiger partial charge >= 0.3 is 5.97 Å². The summed E-state index contributed by atoms with van der Waals surface area (Å²) in [7, 11) is 0. The monoisotopic (exact) mass is 254 g/mol. The molecular formula is C13H18O3S. The second-order valence-corrected chi connectivity index (χ2v) is 4.36. The van der Waals surface area contributed by atoms with Crippen LogP contribution in [0.1, 0.15) is 19.8 Å². The fourth-order valence-corrected chi connectivity index (χ4v) is 1.79. The minimum atomic E-state index is -0.311. The van der Waals surface area contributed by atoms with Crippen LogP contribution in [0.5, 0.6) is 5.75 Å². The maximum atomic E-state index is 11.3. The van der Waals surface area contributed by atoms with E-state index in [2.05, 4.69) is 6.92 Å². The van der Waals surface area contributed by atoms with Crippen molar-refractivity contribution in [2.75, 3.05) is 19.5 Å². The van der Waals surface area contributed by atoms with Gasteiger partial charge in [0, 0.05) is 4.90 Å². The topological polar surface area (TPSA) is 35.5 Å². The third-order valence-corrected chi connectivity index (χ3v) is 2.95. The molecule has 1 rings (SSSR count). The zero-order valence-corrected chi connectivity index (χ0v) is 11.1. The molecule has 0 fully saturated rings. The third-order valence-electron chi connectivity index (χ3n) is 2.18. The maximum Gasteiger partial charge on any atom is 0.344 e. The molecule has 0 bridgehead atoms. The Labute approximate surface area is 106 Å². The van der Waals surface area contributed by atoms with Crippen LogP contribution in [0.4, 0.5) is 0 Å². The lowest BCUT2D eigenvalue weighted by Gasteiger charge is -2.09. The molecule has 0 atom stereocenters. The van der Waals surface area contributed by atoms with E-state index in [9.17, 15) is 4.79 Å². The van der Waals surface area contributed by atoms with E-state index in [4.69, 9.17) is 9.47 Å². The van der Waals surface area contributed by atoms with Crippen molar-refractivity contribution in [3.05, 3.63) is 24.3 Å². The number of para-hydroxylation sites is 1. The summed E-state index contributed by atoms with van der Waals surface area (Å²) in [5.74, 6) is 0.418. The highest BCUT2D eigenvalue weighted by atomic mass is 32.2. The number of unbranched alkanes of at least 4 members (excludes halogenated alkanes) is 1. The molecular weight excluding hydrogens is 236 g/mol. The van der Waals surface area contributed by atoms with Crippen molar-refractivity contribution in [1.82, 2.24) is 0 Å². The lowest BCUT2D eigenvalue weighted by atomic mass is 10.3. The molecule has 0 aliphatic rings. The van der Waals surface area contributed by atoms with E-state index >= 15 is 0 Å². The van der Waals surface area contributed by atoms with Crippen LogP contribution in [-0.2, 0) is 9.53 Å². The zero-order chi connectivity index (χ0) is 12.5. The summed E-state index contributed by atoms with van der Waals surface area (Å²) >= 11 is 1.59. The number of hydrogen-bond donors (Lipinski definition) is 0. The molecule has 0 aromatic heterocycles. The van der Waals surface area contributed by atoms with Crippen molar-refractivity contribution >= 4 is 17.7 Å². The molecule has 0 aliphatic carbocycles.